The van der Waals surface area contributed by atoms with Gasteiger partial charge in [0.2, 0.25) is 5.95 Å². The van der Waals surface area contributed by atoms with E-state index >= 15 is 0 Å². The predicted octanol–water partition coefficient (Wildman–Crippen LogP) is 3.40. The monoisotopic (exact) mass is 376 g/mol. The Morgan fingerprint density at radius 2 is 1.85 bits per heavy atom. The van der Waals surface area contributed by atoms with Crippen LogP contribution in [0.2, 0.25) is 0 Å². The lowest BCUT2D eigenvalue weighted by Crippen LogP contribution is -2.18. The summed E-state index contributed by atoms with van der Waals surface area (Å²) in [6.07, 6.45) is -0.340. The van der Waals surface area contributed by atoms with E-state index in [-0.39, 0.29) is 11.8 Å². The van der Waals surface area contributed by atoms with E-state index in [1.165, 1.54) is 4.90 Å². The van der Waals surface area contributed by atoms with Crippen molar-refractivity contribution >= 4 is 11.8 Å². The number of nitrogens with one attached hydrogen (secondary N) is 1. The van der Waals surface area contributed by atoms with Gasteiger partial charge in [-0.3, -0.25) is 0 Å². The van der Waals surface area contributed by atoms with Crippen LogP contribution in [0.15, 0.2) is 48.8 Å². The van der Waals surface area contributed by atoms with Gasteiger partial charge in [-0.1, -0.05) is 18.2 Å². The Hall–Kier alpha value is -3.10. The molecule has 3 rings (SSSR count). The molecule has 27 heavy (non-hydrogen) atoms. The minimum Gasteiger partial charge on any atom is -0.363 e. The molecule has 0 amide bonds. The number of aromatic nitrogens is 4. The topological polar surface area (TPSA) is 58.9 Å². The predicted molar refractivity (Wildman–Crippen MR) is 97.1 cm³/mol. The highest BCUT2D eigenvalue weighted by atomic mass is 19.4. The molecule has 0 fully saturated rings. The van der Waals surface area contributed by atoms with Crippen LogP contribution in [0.4, 0.5) is 24.9 Å². The average molecular weight is 376 g/mol. The lowest BCUT2D eigenvalue weighted by Gasteiger charge is -2.15. The first-order valence-electron chi connectivity index (χ1n) is 8.29. The Bertz CT molecular complexity index is 890. The maximum atomic E-state index is 13.0. The molecule has 3 aromatic rings. The third-order valence-corrected chi connectivity index (χ3v) is 3.81. The van der Waals surface area contributed by atoms with Crippen LogP contribution in [-0.2, 0) is 12.6 Å². The van der Waals surface area contributed by atoms with Crippen LogP contribution in [0, 0.1) is 0 Å². The third kappa shape index (κ3) is 4.75. The zero-order valence-electron chi connectivity index (χ0n) is 14.9. The number of benzene rings is 1. The molecule has 0 unspecified atom stereocenters. The lowest BCUT2D eigenvalue weighted by molar-refractivity contribution is -0.141. The molecule has 0 atom stereocenters. The smallest absolute Gasteiger partial charge is 0.363 e. The van der Waals surface area contributed by atoms with Gasteiger partial charge < -0.3 is 10.2 Å². The Balaban J connectivity index is 1.67. The number of para-hydroxylation sites is 1. The lowest BCUT2D eigenvalue weighted by atomic mass is 10.2. The van der Waals surface area contributed by atoms with Gasteiger partial charge in [-0.15, -0.1) is 0 Å². The Morgan fingerprint density at radius 1 is 1.11 bits per heavy atom. The highest BCUT2D eigenvalue weighted by molar-refractivity contribution is 5.44. The Morgan fingerprint density at radius 3 is 2.52 bits per heavy atom. The van der Waals surface area contributed by atoms with Crippen molar-refractivity contribution in [3.8, 4) is 5.69 Å². The average Bonchev–Trinajstić information content (AvgIpc) is 3.10. The minimum atomic E-state index is -4.53. The number of anilines is 2. The second-order valence-corrected chi connectivity index (χ2v) is 6.13. The number of hydrogen-bond acceptors (Lipinski definition) is 5. The summed E-state index contributed by atoms with van der Waals surface area (Å²) in [6, 6.07) is 10.6. The number of rotatable bonds is 6. The molecule has 6 nitrogen and oxygen atoms in total. The van der Waals surface area contributed by atoms with Crippen molar-refractivity contribution < 1.29 is 13.2 Å². The molecular formula is C18H19F3N6. The van der Waals surface area contributed by atoms with E-state index in [0.717, 1.165) is 17.3 Å². The molecule has 0 saturated heterocycles. The summed E-state index contributed by atoms with van der Waals surface area (Å²) in [5.74, 6) is 0.140. The summed E-state index contributed by atoms with van der Waals surface area (Å²) in [6.45, 7) is 0.384. The van der Waals surface area contributed by atoms with Crippen LogP contribution in [-0.4, -0.2) is 40.4 Å². The van der Waals surface area contributed by atoms with Gasteiger partial charge in [-0.05, 0) is 24.1 Å². The molecule has 1 N–H and O–H groups in total. The highest BCUT2D eigenvalue weighted by Crippen LogP contribution is 2.30. The molecule has 0 aliphatic rings. The van der Waals surface area contributed by atoms with Crippen molar-refractivity contribution in [2.24, 2.45) is 0 Å². The first-order valence-corrected chi connectivity index (χ1v) is 8.29. The van der Waals surface area contributed by atoms with Crippen LogP contribution in [0.1, 0.15) is 11.3 Å². The Kier molecular flexibility index (Phi) is 5.29. The zero-order valence-corrected chi connectivity index (χ0v) is 14.9. The molecule has 0 bridgehead atoms. The first-order chi connectivity index (χ1) is 12.8. The van der Waals surface area contributed by atoms with E-state index in [4.69, 9.17) is 0 Å². The molecule has 9 heteroatoms. The number of hydrogen-bond donors (Lipinski definition) is 1. The van der Waals surface area contributed by atoms with Crippen molar-refractivity contribution in [2.75, 3.05) is 30.9 Å². The van der Waals surface area contributed by atoms with Gasteiger partial charge >= 0.3 is 6.18 Å². The van der Waals surface area contributed by atoms with E-state index in [1.807, 2.05) is 36.5 Å². The van der Waals surface area contributed by atoms with E-state index in [1.54, 1.807) is 25.0 Å². The normalized spacial score (nSPS) is 11.4. The molecule has 2 heterocycles. The second kappa shape index (κ2) is 7.65. The van der Waals surface area contributed by atoms with E-state index in [9.17, 15) is 13.2 Å². The van der Waals surface area contributed by atoms with Crippen LogP contribution < -0.4 is 10.2 Å². The van der Waals surface area contributed by atoms with Crippen LogP contribution in [0.3, 0.4) is 0 Å². The summed E-state index contributed by atoms with van der Waals surface area (Å²) in [4.78, 5) is 9.20. The zero-order chi connectivity index (χ0) is 19.4. The van der Waals surface area contributed by atoms with Crippen molar-refractivity contribution in [3.05, 3.63) is 60.0 Å². The highest BCUT2D eigenvalue weighted by Gasteiger charge is 2.33. The van der Waals surface area contributed by atoms with E-state index in [0.29, 0.717) is 13.0 Å². The fraction of sp³-hybridized carbons (Fsp3) is 0.278. The summed E-state index contributed by atoms with van der Waals surface area (Å²) in [7, 11) is 3.26. The number of halogens is 3. The van der Waals surface area contributed by atoms with Gasteiger partial charge in [-0.25, -0.2) is 9.67 Å². The van der Waals surface area contributed by atoms with Crippen molar-refractivity contribution in [1.82, 2.24) is 19.7 Å². The first kappa shape index (κ1) is 18.7. The van der Waals surface area contributed by atoms with E-state index in [2.05, 4.69) is 20.4 Å². The minimum absolute atomic E-state index is 0.0519. The molecular weight excluding hydrogens is 357 g/mol. The van der Waals surface area contributed by atoms with Gasteiger partial charge in [0.15, 0.2) is 5.69 Å². The van der Waals surface area contributed by atoms with Crippen LogP contribution >= 0.6 is 0 Å². The van der Waals surface area contributed by atoms with Crippen molar-refractivity contribution in [3.63, 3.8) is 0 Å². The van der Waals surface area contributed by atoms with Gasteiger partial charge in [0.05, 0.1) is 11.9 Å². The summed E-state index contributed by atoms with van der Waals surface area (Å²) < 4.78 is 40.8. The molecule has 2 aromatic heterocycles. The van der Waals surface area contributed by atoms with Gasteiger partial charge in [0.25, 0.3) is 0 Å². The van der Waals surface area contributed by atoms with Crippen LogP contribution in [0.25, 0.3) is 5.69 Å². The quantitative estimate of drug-likeness (QED) is 0.715. The number of alkyl halides is 3. The van der Waals surface area contributed by atoms with Crippen LogP contribution in [0.5, 0.6) is 0 Å². The fourth-order valence-electron chi connectivity index (χ4n) is 2.42. The maximum Gasteiger partial charge on any atom is 0.433 e. The van der Waals surface area contributed by atoms with E-state index < -0.39 is 11.9 Å². The third-order valence-electron chi connectivity index (χ3n) is 3.81. The van der Waals surface area contributed by atoms with Gasteiger partial charge in [0.1, 0.15) is 5.82 Å². The molecule has 0 saturated carbocycles. The molecule has 1 aromatic carbocycles. The Labute approximate surface area is 154 Å². The SMILES string of the molecule is CN(C)c1cc(C(F)(F)F)nc(NCCc2cnn(-c3ccccc3)c2)n1. The van der Waals surface area contributed by atoms with Gasteiger partial charge in [0, 0.05) is 32.9 Å². The number of nitrogens with zero attached hydrogens (tertiary/aromatic N) is 5. The molecule has 0 spiro atoms. The largest absolute Gasteiger partial charge is 0.433 e. The van der Waals surface area contributed by atoms with Gasteiger partial charge in [-0.2, -0.15) is 23.3 Å². The molecule has 142 valence electrons. The molecule has 0 aliphatic heterocycles. The molecule has 0 radical (unpaired) electrons. The fourth-order valence-corrected chi connectivity index (χ4v) is 2.42. The molecule has 0 aliphatic carbocycles. The summed E-state index contributed by atoms with van der Waals surface area (Å²) in [5.41, 5.74) is 0.917. The maximum absolute atomic E-state index is 13.0. The standard InChI is InChI=1S/C18H19F3N6/c1-26(2)16-10-15(18(19,20)21)24-17(25-16)22-9-8-13-11-23-27(12-13)14-6-4-3-5-7-14/h3-7,10-12H,8-9H2,1-2H3,(H,22,24,25). The second-order valence-electron chi connectivity index (χ2n) is 6.13. The van der Waals surface area contributed by atoms with Crippen molar-refractivity contribution in [2.45, 2.75) is 12.6 Å². The summed E-state index contributed by atoms with van der Waals surface area (Å²) >= 11 is 0. The summed E-state index contributed by atoms with van der Waals surface area (Å²) in [5, 5.41) is 7.16. The van der Waals surface area contributed by atoms with Crippen molar-refractivity contribution in [1.29, 1.82) is 0 Å².